The van der Waals surface area contributed by atoms with Gasteiger partial charge in [-0.25, -0.2) is 0 Å². The van der Waals surface area contributed by atoms with E-state index < -0.39 is 0 Å². The maximum atomic E-state index is 12.2. The zero-order valence-electron chi connectivity index (χ0n) is 11.7. The van der Waals surface area contributed by atoms with Crippen molar-refractivity contribution in [2.45, 2.75) is 44.6 Å². The first-order valence-corrected chi connectivity index (χ1v) is 7.30. The molecule has 106 valence electrons. The van der Waals surface area contributed by atoms with Crippen molar-refractivity contribution >= 4 is 5.91 Å². The molecule has 0 aromatic heterocycles. The van der Waals surface area contributed by atoms with Crippen LogP contribution in [0.4, 0.5) is 0 Å². The highest BCUT2D eigenvalue weighted by atomic mass is 16.2. The molecule has 3 heteroatoms. The Balaban J connectivity index is 1.99. The van der Waals surface area contributed by atoms with Gasteiger partial charge < -0.3 is 10.4 Å². The molecule has 0 aliphatic heterocycles. The summed E-state index contributed by atoms with van der Waals surface area (Å²) in [6, 6.07) is 7.67. The van der Waals surface area contributed by atoms with E-state index in [4.69, 9.17) is 5.11 Å². The second-order valence-corrected chi connectivity index (χ2v) is 5.16. The summed E-state index contributed by atoms with van der Waals surface area (Å²) in [6.45, 7) is 0.0643. The predicted molar refractivity (Wildman–Crippen MR) is 79.4 cm³/mol. The van der Waals surface area contributed by atoms with Gasteiger partial charge in [0, 0.05) is 23.6 Å². The van der Waals surface area contributed by atoms with E-state index in [9.17, 15) is 4.79 Å². The molecule has 0 saturated heterocycles. The van der Waals surface area contributed by atoms with E-state index in [1.54, 1.807) is 0 Å². The summed E-state index contributed by atoms with van der Waals surface area (Å²) in [7, 11) is 0. The van der Waals surface area contributed by atoms with Gasteiger partial charge in [0.05, 0.1) is 6.61 Å². The van der Waals surface area contributed by atoms with E-state index in [1.165, 1.54) is 19.3 Å². The number of rotatable bonds is 3. The summed E-state index contributed by atoms with van der Waals surface area (Å²) in [5, 5.41) is 11.8. The van der Waals surface area contributed by atoms with E-state index in [0.717, 1.165) is 18.4 Å². The molecule has 1 aliphatic carbocycles. The third-order valence-electron chi connectivity index (χ3n) is 3.53. The number of hydrogen-bond donors (Lipinski definition) is 2. The van der Waals surface area contributed by atoms with Crippen molar-refractivity contribution < 1.29 is 9.90 Å². The summed E-state index contributed by atoms with van der Waals surface area (Å²) < 4.78 is 0. The molecule has 1 fully saturated rings. The van der Waals surface area contributed by atoms with Gasteiger partial charge in [-0.3, -0.25) is 4.79 Å². The molecule has 3 nitrogen and oxygen atoms in total. The van der Waals surface area contributed by atoms with Crippen LogP contribution in [0, 0.1) is 11.8 Å². The Hall–Kier alpha value is -1.79. The van der Waals surface area contributed by atoms with Crippen LogP contribution in [0.15, 0.2) is 24.3 Å². The first kappa shape index (κ1) is 14.6. The summed E-state index contributed by atoms with van der Waals surface area (Å²) in [6.07, 6.45) is 6.32. The van der Waals surface area contributed by atoms with Gasteiger partial charge in [0.25, 0.3) is 5.91 Å². The van der Waals surface area contributed by atoms with Gasteiger partial charge in [-0.2, -0.15) is 0 Å². The van der Waals surface area contributed by atoms with Gasteiger partial charge in [-0.15, -0.1) is 0 Å². The second-order valence-electron chi connectivity index (χ2n) is 5.16. The summed E-state index contributed by atoms with van der Waals surface area (Å²) in [5.74, 6) is 5.81. The monoisotopic (exact) mass is 271 g/mol. The van der Waals surface area contributed by atoms with Crippen LogP contribution >= 0.6 is 0 Å². The normalized spacial score (nSPS) is 15.2. The Kier molecular flexibility index (Phi) is 5.64. The Morgan fingerprint density at radius 2 is 2.10 bits per heavy atom. The second kappa shape index (κ2) is 7.72. The van der Waals surface area contributed by atoms with Crippen LogP contribution in [-0.2, 0) is 0 Å². The van der Waals surface area contributed by atoms with Crippen molar-refractivity contribution in [2.75, 3.05) is 6.61 Å². The van der Waals surface area contributed by atoms with E-state index in [-0.39, 0.29) is 12.5 Å². The molecule has 1 aliphatic rings. The van der Waals surface area contributed by atoms with Gasteiger partial charge in [-0.05, 0) is 31.0 Å². The third-order valence-corrected chi connectivity index (χ3v) is 3.53. The van der Waals surface area contributed by atoms with Gasteiger partial charge in [0.15, 0.2) is 0 Å². The predicted octanol–water partition coefficient (Wildman–Crippen LogP) is 2.48. The molecule has 1 aromatic carbocycles. The Labute approximate surface area is 120 Å². The fourth-order valence-corrected chi connectivity index (χ4v) is 2.47. The number of carbonyl (C=O) groups is 1. The molecule has 1 aromatic rings. The molecule has 2 N–H and O–H groups in total. The molecule has 0 unspecified atom stereocenters. The average molecular weight is 271 g/mol. The molecular formula is C17H21NO2. The zero-order valence-corrected chi connectivity index (χ0v) is 11.7. The zero-order chi connectivity index (χ0) is 14.2. The maximum Gasteiger partial charge on any atom is 0.251 e. The van der Waals surface area contributed by atoms with Gasteiger partial charge in [0.2, 0.25) is 0 Å². The quantitative estimate of drug-likeness (QED) is 0.830. The van der Waals surface area contributed by atoms with Gasteiger partial charge in [0.1, 0.15) is 0 Å². The van der Waals surface area contributed by atoms with Crippen LogP contribution in [0.25, 0.3) is 0 Å². The third kappa shape index (κ3) is 4.40. The fourth-order valence-electron chi connectivity index (χ4n) is 2.47. The average Bonchev–Trinajstić information content (AvgIpc) is 2.49. The number of hydrogen-bond acceptors (Lipinski definition) is 2. The van der Waals surface area contributed by atoms with Crippen LogP contribution in [0.2, 0.25) is 0 Å². The van der Waals surface area contributed by atoms with E-state index >= 15 is 0 Å². The highest BCUT2D eigenvalue weighted by molar-refractivity contribution is 5.94. The standard InChI is InChI=1S/C17H21NO2/c19-12-5-4-7-14-8-6-9-15(13-14)17(20)18-16-10-2-1-3-11-16/h6,8-9,13,16,19H,1-3,5,10-12H2,(H,18,20). The van der Waals surface area contributed by atoms with E-state index in [1.807, 2.05) is 24.3 Å². The highest BCUT2D eigenvalue weighted by Crippen LogP contribution is 2.18. The minimum atomic E-state index is -0.0114. The minimum Gasteiger partial charge on any atom is -0.395 e. The van der Waals surface area contributed by atoms with Crippen molar-refractivity contribution in [3.63, 3.8) is 0 Å². The first-order valence-electron chi connectivity index (χ1n) is 7.30. The number of carbonyl (C=O) groups excluding carboxylic acids is 1. The molecule has 1 amide bonds. The van der Waals surface area contributed by atoms with Crippen molar-refractivity contribution in [3.8, 4) is 11.8 Å². The molecule has 20 heavy (non-hydrogen) atoms. The SMILES string of the molecule is O=C(NC1CCCCC1)c1cccc(C#CCCO)c1. The van der Waals surface area contributed by atoms with Crippen molar-refractivity contribution in [3.05, 3.63) is 35.4 Å². The highest BCUT2D eigenvalue weighted by Gasteiger charge is 2.16. The number of amides is 1. The van der Waals surface area contributed by atoms with E-state index in [2.05, 4.69) is 17.2 Å². The lowest BCUT2D eigenvalue weighted by Gasteiger charge is -2.22. The lowest BCUT2D eigenvalue weighted by Crippen LogP contribution is -2.36. The lowest BCUT2D eigenvalue weighted by molar-refractivity contribution is 0.0927. The van der Waals surface area contributed by atoms with Crippen LogP contribution in [0.5, 0.6) is 0 Å². The van der Waals surface area contributed by atoms with Crippen LogP contribution in [0.3, 0.4) is 0 Å². The van der Waals surface area contributed by atoms with Crippen LogP contribution in [0.1, 0.15) is 54.4 Å². The lowest BCUT2D eigenvalue weighted by atomic mass is 9.95. The largest absolute Gasteiger partial charge is 0.395 e. The molecule has 0 heterocycles. The molecule has 0 radical (unpaired) electrons. The van der Waals surface area contributed by atoms with Crippen LogP contribution < -0.4 is 5.32 Å². The molecule has 0 spiro atoms. The Morgan fingerprint density at radius 1 is 1.30 bits per heavy atom. The summed E-state index contributed by atoms with van der Waals surface area (Å²) in [5.41, 5.74) is 1.47. The Bertz CT molecular complexity index is 507. The van der Waals surface area contributed by atoms with E-state index in [0.29, 0.717) is 18.0 Å². The minimum absolute atomic E-state index is 0.0114. The topological polar surface area (TPSA) is 49.3 Å². The first-order chi connectivity index (χ1) is 9.79. The molecular weight excluding hydrogens is 250 g/mol. The van der Waals surface area contributed by atoms with Crippen molar-refractivity contribution in [1.29, 1.82) is 0 Å². The van der Waals surface area contributed by atoms with Crippen LogP contribution in [-0.4, -0.2) is 23.7 Å². The molecule has 1 saturated carbocycles. The number of nitrogens with one attached hydrogen (secondary N) is 1. The smallest absolute Gasteiger partial charge is 0.251 e. The Morgan fingerprint density at radius 3 is 2.85 bits per heavy atom. The fraction of sp³-hybridized carbons (Fsp3) is 0.471. The van der Waals surface area contributed by atoms with Crippen molar-refractivity contribution in [1.82, 2.24) is 5.32 Å². The number of aliphatic hydroxyl groups is 1. The maximum absolute atomic E-state index is 12.2. The molecule has 0 atom stereocenters. The van der Waals surface area contributed by atoms with Crippen molar-refractivity contribution in [2.24, 2.45) is 0 Å². The number of aliphatic hydroxyl groups excluding tert-OH is 1. The summed E-state index contributed by atoms with van der Waals surface area (Å²) >= 11 is 0. The number of benzene rings is 1. The summed E-state index contributed by atoms with van der Waals surface area (Å²) in [4.78, 5) is 12.2. The van der Waals surface area contributed by atoms with Gasteiger partial charge in [-0.1, -0.05) is 37.2 Å². The molecule has 0 bridgehead atoms. The van der Waals surface area contributed by atoms with Gasteiger partial charge >= 0.3 is 0 Å². The molecule has 2 rings (SSSR count).